The first-order valence-corrected chi connectivity index (χ1v) is 5.70. The third-order valence-electron chi connectivity index (χ3n) is 2.25. The summed E-state index contributed by atoms with van der Waals surface area (Å²) in [5, 5.41) is 14.2. The molecule has 0 aliphatic carbocycles. The van der Waals surface area contributed by atoms with Gasteiger partial charge in [-0.05, 0) is 41.9 Å². The largest absolute Gasteiger partial charge is 0.389 e. The van der Waals surface area contributed by atoms with E-state index in [1.807, 2.05) is 0 Å². The van der Waals surface area contributed by atoms with Crippen molar-refractivity contribution in [2.24, 2.45) is 0 Å². The second-order valence-electron chi connectivity index (χ2n) is 4.41. The van der Waals surface area contributed by atoms with Gasteiger partial charge in [0.1, 0.15) is 5.82 Å². The first kappa shape index (κ1) is 11.5. The van der Waals surface area contributed by atoms with E-state index in [1.54, 1.807) is 30.7 Å². The topological polar surface area (TPSA) is 38.0 Å². The highest BCUT2D eigenvalue weighted by molar-refractivity contribution is 9.10. The molecule has 0 amide bonds. The van der Waals surface area contributed by atoms with E-state index in [4.69, 9.17) is 0 Å². The number of hydrogen-bond acceptors (Lipinski definition) is 2. The monoisotopic (exact) mass is 286 g/mol. The van der Waals surface area contributed by atoms with Crippen LogP contribution in [0, 0.1) is 5.82 Å². The number of hydrogen-bond donors (Lipinski definition) is 1. The van der Waals surface area contributed by atoms with E-state index in [9.17, 15) is 9.50 Å². The molecule has 0 aliphatic heterocycles. The standard InChI is InChI=1S/C11H12BrFN2O/c1-11(2,16)6-15-9-4-3-8(12)10(13)7(9)5-14-15/h3-5,16H,6H2,1-2H3. The van der Waals surface area contributed by atoms with E-state index in [2.05, 4.69) is 21.0 Å². The Bertz CT molecular complexity index is 530. The number of fused-ring (bicyclic) bond motifs is 1. The minimum Gasteiger partial charge on any atom is -0.389 e. The Labute approximate surface area is 101 Å². The molecule has 2 aromatic rings. The molecular formula is C11H12BrFN2O. The van der Waals surface area contributed by atoms with Gasteiger partial charge in [-0.2, -0.15) is 5.10 Å². The lowest BCUT2D eigenvalue weighted by Crippen LogP contribution is -2.26. The first-order chi connectivity index (χ1) is 7.38. The summed E-state index contributed by atoms with van der Waals surface area (Å²) >= 11 is 3.13. The van der Waals surface area contributed by atoms with Crippen LogP contribution in [0.5, 0.6) is 0 Å². The van der Waals surface area contributed by atoms with Crippen molar-refractivity contribution in [2.75, 3.05) is 0 Å². The minimum absolute atomic E-state index is 0.320. The molecule has 0 spiro atoms. The Morgan fingerprint density at radius 2 is 2.19 bits per heavy atom. The molecule has 86 valence electrons. The molecule has 2 rings (SSSR count). The maximum atomic E-state index is 13.7. The maximum Gasteiger partial charge on any atom is 0.148 e. The average molecular weight is 287 g/mol. The minimum atomic E-state index is -0.873. The van der Waals surface area contributed by atoms with Gasteiger partial charge in [-0.15, -0.1) is 0 Å². The van der Waals surface area contributed by atoms with E-state index in [1.165, 1.54) is 6.20 Å². The first-order valence-electron chi connectivity index (χ1n) is 4.90. The van der Waals surface area contributed by atoms with Crippen LogP contribution in [0.15, 0.2) is 22.8 Å². The van der Waals surface area contributed by atoms with Crippen LogP contribution in [0.1, 0.15) is 13.8 Å². The van der Waals surface area contributed by atoms with Crippen LogP contribution >= 0.6 is 15.9 Å². The van der Waals surface area contributed by atoms with Crippen molar-refractivity contribution in [1.29, 1.82) is 0 Å². The normalized spacial score (nSPS) is 12.3. The molecule has 0 aliphatic rings. The number of nitrogens with zero attached hydrogens (tertiary/aromatic N) is 2. The van der Waals surface area contributed by atoms with Gasteiger partial charge >= 0.3 is 0 Å². The van der Waals surface area contributed by atoms with E-state index in [0.717, 1.165) is 0 Å². The summed E-state index contributed by atoms with van der Waals surface area (Å²) in [6.07, 6.45) is 1.47. The summed E-state index contributed by atoms with van der Waals surface area (Å²) < 4.78 is 15.7. The summed E-state index contributed by atoms with van der Waals surface area (Å²) in [5.41, 5.74) is -0.189. The van der Waals surface area contributed by atoms with Crippen LogP contribution < -0.4 is 0 Å². The van der Waals surface area contributed by atoms with E-state index >= 15 is 0 Å². The van der Waals surface area contributed by atoms with Crippen LogP contribution in [0.25, 0.3) is 10.9 Å². The Balaban J connectivity index is 2.54. The van der Waals surface area contributed by atoms with Crippen molar-refractivity contribution in [3.8, 4) is 0 Å². The van der Waals surface area contributed by atoms with Crippen molar-refractivity contribution in [2.45, 2.75) is 26.0 Å². The van der Waals surface area contributed by atoms with Crippen molar-refractivity contribution >= 4 is 26.8 Å². The van der Waals surface area contributed by atoms with Gasteiger partial charge in [-0.25, -0.2) is 4.39 Å². The molecule has 1 aromatic heterocycles. The highest BCUT2D eigenvalue weighted by Crippen LogP contribution is 2.25. The fourth-order valence-corrected chi connectivity index (χ4v) is 1.93. The summed E-state index contributed by atoms with van der Waals surface area (Å²) in [5.74, 6) is -0.320. The van der Waals surface area contributed by atoms with Crippen LogP contribution in [-0.2, 0) is 6.54 Å². The van der Waals surface area contributed by atoms with Gasteiger partial charge in [0, 0.05) is 0 Å². The SMILES string of the molecule is CC(C)(O)Cn1ncc2c(F)c(Br)ccc21. The molecule has 3 nitrogen and oxygen atoms in total. The third-order valence-corrected chi connectivity index (χ3v) is 2.86. The quantitative estimate of drug-likeness (QED) is 0.922. The molecule has 1 N–H and O–H groups in total. The lowest BCUT2D eigenvalue weighted by molar-refractivity contribution is 0.0591. The van der Waals surface area contributed by atoms with Gasteiger partial charge in [0.15, 0.2) is 0 Å². The van der Waals surface area contributed by atoms with Crippen molar-refractivity contribution in [3.63, 3.8) is 0 Å². The van der Waals surface area contributed by atoms with Crippen molar-refractivity contribution < 1.29 is 9.50 Å². The van der Waals surface area contributed by atoms with Crippen LogP contribution in [0.3, 0.4) is 0 Å². The highest BCUT2D eigenvalue weighted by atomic mass is 79.9. The fourth-order valence-electron chi connectivity index (χ4n) is 1.59. The van der Waals surface area contributed by atoms with Crippen molar-refractivity contribution in [1.82, 2.24) is 9.78 Å². The number of halogens is 2. The van der Waals surface area contributed by atoms with Gasteiger partial charge < -0.3 is 5.11 Å². The Kier molecular flexibility index (Phi) is 2.75. The molecule has 5 heteroatoms. The van der Waals surface area contributed by atoms with E-state index < -0.39 is 5.60 Å². The van der Waals surface area contributed by atoms with Gasteiger partial charge in [0.05, 0.1) is 33.7 Å². The van der Waals surface area contributed by atoms with E-state index in [0.29, 0.717) is 21.9 Å². The molecule has 0 atom stereocenters. The summed E-state index contributed by atoms with van der Waals surface area (Å²) in [6.45, 7) is 3.71. The third kappa shape index (κ3) is 2.10. The van der Waals surface area contributed by atoms with Gasteiger partial charge in [-0.1, -0.05) is 0 Å². The Morgan fingerprint density at radius 1 is 1.50 bits per heavy atom. The van der Waals surface area contributed by atoms with Gasteiger partial charge in [-0.3, -0.25) is 4.68 Å². The summed E-state index contributed by atoms with van der Waals surface area (Å²) in [4.78, 5) is 0. The maximum absolute atomic E-state index is 13.7. The molecule has 16 heavy (non-hydrogen) atoms. The zero-order valence-corrected chi connectivity index (χ0v) is 10.6. The molecule has 0 bridgehead atoms. The molecule has 0 fully saturated rings. The van der Waals surface area contributed by atoms with Crippen LogP contribution in [-0.4, -0.2) is 20.5 Å². The van der Waals surface area contributed by atoms with Crippen LogP contribution in [0.4, 0.5) is 4.39 Å². The average Bonchev–Trinajstić information content (AvgIpc) is 2.53. The predicted octanol–water partition coefficient (Wildman–Crippen LogP) is 2.71. The van der Waals surface area contributed by atoms with Gasteiger partial charge in [0.25, 0.3) is 0 Å². The van der Waals surface area contributed by atoms with Crippen LogP contribution in [0.2, 0.25) is 0 Å². The highest BCUT2D eigenvalue weighted by Gasteiger charge is 2.17. The molecule has 0 saturated carbocycles. The predicted molar refractivity (Wildman–Crippen MR) is 63.7 cm³/mol. The lowest BCUT2D eigenvalue weighted by atomic mass is 10.1. The smallest absolute Gasteiger partial charge is 0.148 e. The summed E-state index contributed by atoms with van der Waals surface area (Å²) in [6, 6.07) is 3.42. The van der Waals surface area contributed by atoms with Crippen molar-refractivity contribution in [3.05, 3.63) is 28.6 Å². The number of rotatable bonds is 2. The number of benzene rings is 1. The molecule has 0 unspecified atom stereocenters. The number of aliphatic hydroxyl groups is 1. The van der Waals surface area contributed by atoms with Gasteiger partial charge in [0.2, 0.25) is 0 Å². The molecule has 0 radical (unpaired) electrons. The lowest BCUT2D eigenvalue weighted by Gasteiger charge is -2.17. The zero-order chi connectivity index (χ0) is 11.9. The molecule has 1 heterocycles. The number of aromatic nitrogens is 2. The molecule has 1 aromatic carbocycles. The molecular weight excluding hydrogens is 275 g/mol. The summed E-state index contributed by atoms with van der Waals surface area (Å²) in [7, 11) is 0. The Hall–Kier alpha value is -0.940. The van der Waals surface area contributed by atoms with E-state index in [-0.39, 0.29) is 5.82 Å². The second kappa shape index (κ2) is 3.82. The fraction of sp³-hybridized carbons (Fsp3) is 0.364. The molecule has 0 saturated heterocycles. The second-order valence-corrected chi connectivity index (χ2v) is 5.26. The zero-order valence-electron chi connectivity index (χ0n) is 9.04. The Morgan fingerprint density at radius 3 is 2.81 bits per heavy atom.